The molecule has 2 N–H and O–H groups in total. The van der Waals surface area contributed by atoms with Crippen LogP contribution in [-0.2, 0) is 24.3 Å². The molecule has 0 amide bonds. The Morgan fingerprint density at radius 1 is 1.12 bits per heavy atom. The molecule has 2 aliphatic heterocycles. The molecule has 0 spiro atoms. The fourth-order valence-electron chi connectivity index (χ4n) is 5.19. The molecule has 4 rings (SSSR count). The highest BCUT2D eigenvalue weighted by Crippen LogP contribution is 2.38. The molecule has 0 radical (unpaired) electrons. The minimum atomic E-state index is -3.39. The van der Waals surface area contributed by atoms with E-state index < -0.39 is 15.3 Å². The van der Waals surface area contributed by atoms with Crippen LogP contribution in [0.5, 0.6) is 5.75 Å². The van der Waals surface area contributed by atoms with Crippen molar-refractivity contribution in [3.05, 3.63) is 29.8 Å². The van der Waals surface area contributed by atoms with Gasteiger partial charge in [-0.25, -0.2) is 13.1 Å². The molecule has 1 aromatic carbocycles. The predicted octanol–water partition coefficient (Wildman–Crippen LogP) is 2.14. The van der Waals surface area contributed by atoms with Crippen LogP contribution in [0.4, 0.5) is 0 Å². The third-order valence-electron chi connectivity index (χ3n) is 7.08. The molecular weight excluding hydrogens is 444 g/mol. The molecule has 1 saturated carbocycles. The lowest BCUT2D eigenvalue weighted by Crippen LogP contribution is -2.57. The van der Waals surface area contributed by atoms with Gasteiger partial charge in [0.05, 0.1) is 19.3 Å². The first-order chi connectivity index (χ1) is 16.1. The minimum absolute atomic E-state index is 0.0222. The maximum absolute atomic E-state index is 12.7. The van der Waals surface area contributed by atoms with E-state index in [-0.39, 0.29) is 31.4 Å². The molecule has 3 atom stereocenters. The third-order valence-corrected chi connectivity index (χ3v) is 8.96. The van der Waals surface area contributed by atoms with Gasteiger partial charge in [0.25, 0.3) is 0 Å². The number of benzene rings is 1. The van der Waals surface area contributed by atoms with E-state index in [0.29, 0.717) is 25.6 Å². The molecule has 9 heteroatoms. The molecule has 3 aliphatic rings. The van der Waals surface area contributed by atoms with E-state index in [1.807, 2.05) is 18.2 Å². The largest absolute Gasteiger partial charge is 0.486 e. The van der Waals surface area contributed by atoms with Crippen molar-refractivity contribution in [3.8, 4) is 5.75 Å². The van der Waals surface area contributed by atoms with Crippen molar-refractivity contribution in [3.63, 3.8) is 0 Å². The number of hydrogen-bond acceptors (Lipinski definition) is 7. The second-order valence-electron chi connectivity index (χ2n) is 9.28. The van der Waals surface area contributed by atoms with Gasteiger partial charge in [-0.3, -0.25) is 4.79 Å². The van der Waals surface area contributed by atoms with Crippen molar-refractivity contribution >= 4 is 16.3 Å². The fourth-order valence-corrected chi connectivity index (χ4v) is 6.77. The Balaban J connectivity index is 1.27. The van der Waals surface area contributed by atoms with Crippen LogP contribution < -0.4 is 14.8 Å². The highest BCUT2D eigenvalue weighted by molar-refractivity contribution is 7.90. The number of sulfonamides is 1. The van der Waals surface area contributed by atoms with Gasteiger partial charge in [-0.1, -0.05) is 18.2 Å². The summed E-state index contributed by atoms with van der Waals surface area (Å²) in [4.78, 5) is 10.7. The van der Waals surface area contributed by atoms with Crippen LogP contribution in [0.25, 0.3) is 0 Å². The van der Waals surface area contributed by atoms with Gasteiger partial charge >= 0.3 is 0 Å². The Hall–Kier alpha value is -1.52. The summed E-state index contributed by atoms with van der Waals surface area (Å²) >= 11 is 0. The van der Waals surface area contributed by atoms with Gasteiger partial charge in [0.15, 0.2) is 6.29 Å². The summed E-state index contributed by atoms with van der Waals surface area (Å²) in [5.41, 5.74) is 1.16. The zero-order valence-corrected chi connectivity index (χ0v) is 19.9. The topological polar surface area (TPSA) is 103 Å². The number of carbonyl (C=O) groups excluding carboxylic acids is 1. The first-order valence-corrected chi connectivity index (χ1v) is 13.7. The van der Waals surface area contributed by atoms with E-state index in [1.165, 1.54) is 0 Å². The molecule has 8 nitrogen and oxygen atoms in total. The molecule has 33 heavy (non-hydrogen) atoms. The van der Waals surface area contributed by atoms with Gasteiger partial charge < -0.3 is 19.5 Å². The molecule has 0 bridgehead atoms. The lowest BCUT2D eigenvalue weighted by Gasteiger charge is -2.35. The van der Waals surface area contributed by atoms with E-state index in [4.69, 9.17) is 14.2 Å². The van der Waals surface area contributed by atoms with Crippen LogP contribution in [0, 0.1) is 0 Å². The molecular formula is C24H36N2O6S. The zero-order valence-electron chi connectivity index (χ0n) is 19.1. The van der Waals surface area contributed by atoms with Crippen molar-refractivity contribution in [2.24, 2.45) is 0 Å². The summed E-state index contributed by atoms with van der Waals surface area (Å²) in [7, 11) is -3.39. The normalized spacial score (nSPS) is 30.7. The molecule has 184 valence electrons. The minimum Gasteiger partial charge on any atom is -0.486 e. The van der Waals surface area contributed by atoms with Crippen molar-refractivity contribution in [1.29, 1.82) is 0 Å². The molecule has 3 fully saturated rings. The smallest absolute Gasteiger partial charge is 0.217 e. The van der Waals surface area contributed by atoms with Crippen LogP contribution in [0.3, 0.4) is 0 Å². The Morgan fingerprint density at radius 3 is 2.70 bits per heavy atom. The molecule has 2 heterocycles. The van der Waals surface area contributed by atoms with Crippen molar-refractivity contribution in [1.82, 2.24) is 10.0 Å². The summed E-state index contributed by atoms with van der Waals surface area (Å²) in [6.07, 6.45) is 7.18. The summed E-state index contributed by atoms with van der Waals surface area (Å²) < 4.78 is 45.5. The summed E-state index contributed by atoms with van der Waals surface area (Å²) in [5, 5.41) is 3.01. The molecule has 2 saturated heterocycles. The Morgan fingerprint density at radius 2 is 1.94 bits per heavy atom. The van der Waals surface area contributed by atoms with Gasteiger partial charge in [0, 0.05) is 18.7 Å². The van der Waals surface area contributed by atoms with Crippen molar-refractivity contribution in [2.45, 2.75) is 74.3 Å². The van der Waals surface area contributed by atoms with Crippen LogP contribution in [0.15, 0.2) is 24.3 Å². The van der Waals surface area contributed by atoms with Crippen LogP contribution >= 0.6 is 0 Å². The van der Waals surface area contributed by atoms with Gasteiger partial charge in [0.1, 0.15) is 17.6 Å². The van der Waals surface area contributed by atoms with Crippen LogP contribution in [0.1, 0.15) is 56.4 Å². The number of piperidine rings is 1. The Kier molecular flexibility index (Phi) is 8.76. The van der Waals surface area contributed by atoms with E-state index >= 15 is 0 Å². The number of aldehydes is 1. The first-order valence-electron chi connectivity index (χ1n) is 12.2. The second-order valence-corrected chi connectivity index (χ2v) is 11.3. The number of hydrogen-bond donors (Lipinski definition) is 2. The fraction of sp³-hybridized carbons (Fsp3) is 0.708. The van der Waals surface area contributed by atoms with Gasteiger partial charge in [-0.05, 0) is 69.0 Å². The third kappa shape index (κ3) is 6.54. The maximum atomic E-state index is 12.7. The van der Waals surface area contributed by atoms with Crippen molar-refractivity contribution < 1.29 is 27.4 Å². The summed E-state index contributed by atoms with van der Waals surface area (Å²) in [6.45, 7) is 2.25. The van der Waals surface area contributed by atoms with Gasteiger partial charge in [-0.15, -0.1) is 0 Å². The van der Waals surface area contributed by atoms with Crippen LogP contribution in [0.2, 0.25) is 0 Å². The van der Waals surface area contributed by atoms with E-state index in [9.17, 15) is 13.2 Å². The SMILES string of the molecule is O=CCOc1ccccc1C1CCC(OC[C@@H]2NCCC[C@@H]2NS(=O)(=O)[C@H]2CCOC2)CC1. The zero-order chi connectivity index (χ0) is 23.1. The lowest BCUT2D eigenvalue weighted by atomic mass is 9.82. The molecule has 0 aromatic heterocycles. The van der Waals surface area contributed by atoms with E-state index in [2.05, 4.69) is 16.1 Å². The number of nitrogens with one attached hydrogen (secondary N) is 2. The average Bonchev–Trinajstić information content (AvgIpc) is 3.39. The highest BCUT2D eigenvalue weighted by Gasteiger charge is 2.35. The Bertz CT molecular complexity index is 865. The average molecular weight is 481 g/mol. The van der Waals surface area contributed by atoms with Crippen LogP contribution in [-0.4, -0.2) is 71.1 Å². The van der Waals surface area contributed by atoms with Gasteiger partial charge in [0.2, 0.25) is 10.0 Å². The summed E-state index contributed by atoms with van der Waals surface area (Å²) in [5.74, 6) is 1.19. The molecule has 1 aliphatic carbocycles. The first kappa shape index (κ1) is 24.6. The second kappa shape index (κ2) is 11.8. The number of rotatable bonds is 10. The summed E-state index contributed by atoms with van der Waals surface area (Å²) in [6, 6.07) is 7.78. The highest BCUT2D eigenvalue weighted by atomic mass is 32.2. The molecule has 1 aromatic rings. The number of ether oxygens (including phenoxy) is 3. The lowest BCUT2D eigenvalue weighted by molar-refractivity contribution is -0.109. The predicted molar refractivity (Wildman–Crippen MR) is 125 cm³/mol. The molecule has 0 unspecified atom stereocenters. The van der Waals surface area contributed by atoms with E-state index in [1.54, 1.807) is 0 Å². The Labute approximate surface area is 196 Å². The standard InChI is InChI=1S/C24H36N2O6S/c27-13-15-31-24-6-2-1-4-21(24)18-7-9-19(10-8-18)32-17-23-22(5-3-12-25-23)26-33(28,29)20-11-14-30-16-20/h1-2,4,6,13,18-20,22-23,25-26H,3,5,7-12,14-17H2/t18?,19?,20-,22-,23-/m0/s1. The van der Waals surface area contributed by atoms with Crippen molar-refractivity contribution in [2.75, 3.05) is 33.0 Å². The quantitative estimate of drug-likeness (QED) is 0.495. The maximum Gasteiger partial charge on any atom is 0.217 e. The number of carbonyl (C=O) groups is 1. The van der Waals surface area contributed by atoms with E-state index in [0.717, 1.165) is 62.7 Å². The monoisotopic (exact) mass is 480 g/mol. The van der Waals surface area contributed by atoms with Gasteiger partial charge in [-0.2, -0.15) is 0 Å². The number of para-hydroxylation sites is 1.